The SMILES string of the molecule is CCC(C)C(NC(=O)c1ccc(Cl)cc1)C(=O)NCCc1ccccc1F. The third kappa shape index (κ3) is 6.07. The van der Waals surface area contributed by atoms with Crippen LogP contribution < -0.4 is 10.6 Å². The molecule has 0 bridgehead atoms. The minimum absolute atomic E-state index is 0.0466. The first-order chi connectivity index (χ1) is 12.9. The van der Waals surface area contributed by atoms with E-state index in [0.717, 1.165) is 6.42 Å². The Hall–Kier alpha value is -2.40. The van der Waals surface area contributed by atoms with Gasteiger partial charge >= 0.3 is 0 Å². The smallest absolute Gasteiger partial charge is 0.251 e. The van der Waals surface area contributed by atoms with Crippen molar-refractivity contribution in [3.8, 4) is 0 Å². The van der Waals surface area contributed by atoms with E-state index in [-0.39, 0.29) is 23.5 Å². The van der Waals surface area contributed by atoms with Gasteiger partial charge in [-0.2, -0.15) is 0 Å². The fourth-order valence-electron chi connectivity index (χ4n) is 2.66. The molecular formula is C21H24ClFN2O2. The van der Waals surface area contributed by atoms with Gasteiger partial charge in [0.05, 0.1) is 0 Å². The zero-order valence-corrected chi connectivity index (χ0v) is 16.2. The lowest BCUT2D eigenvalue weighted by Gasteiger charge is -2.23. The highest BCUT2D eigenvalue weighted by Gasteiger charge is 2.26. The summed E-state index contributed by atoms with van der Waals surface area (Å²) in [5.74, 6) is -0.944. The van der Waals surface area contributed by atoms with Gasteiger partial charge in [0.1, 0.15) is 11.9 Å². The third-order valence-electron chi connectivity index (χ3n) is 4.54. The van der Waals surface area contributed by atoms with Crippen LogP contribution in [0.4, 0.5) is 4.39 Å². The summed E-state index contributed by atoms with van der Waals surface area (Å²) in [6, 6.07) is 12.3. The van der Waals surface area contributed by atoms with Gasteiger partial charge in [0.25, 0.3) is 5.91 Å². The monoisotopic (exact) mass is 390 g/mol. The molecule has 2 unspecified atom stereocenters. The summed E-state index contributed by atoms with van der Waals surface area (Å²) in [5.41, 5.74) is 0.981. The molecular weight excluding hydrogens is 367 g/mol. The van der Waals surface area contributed by atoms with Crippen molar-refractivity contribution in [1.82, 2.24) is 10.6 Å². The molecule has 2 atom stereocenters. The number of nitrogens with one attached hydrogen (secondary N) is 2. The number of rotatable bonds is 8. The number of benzene rings is 2. The molecule has 0 heterocycles. The molecule has 2 N–H and O–H groups in total. The van der Waals surface area contributed by atoms with E-state index in [0.29, 0.717) is 29.1 Å². The molecule has 2 amide bonds. The van der Waals surface area contributed by atoms with Gasteiger partial charge < -0.3 is 10.6 Å². The van der Waals surface area contributed by atoms with Gasteiger partial charge in [-0.3, -0.25) is 9.59 Å². The van der Waals surface area contributed by atoms with E-state index in [1.165, 1.54) is 6.07 Å². The third-order valence-corrected chi connectivity index (χ3v) is 4.79. The van der Waals surface area contributed by atoms with Crippen LogP contribution in [0.25, 0.3) is 0 Å². The summed E-state index contributed by atoms with van der Waals surface area (Å²) in [7, 11) is 0. The van der Waals surface area contributed by atoms with Crippen LogP contribution in [-0.2, 0) is 11.2 Å². The number of halogens is 2. The van der Waals surface area contributed by atoms with Crippen molar-refractivity contribution in [1.29, 1.82) is 0 Å². The Balaban J connectivity index is 1.97. The molecule has 0 aliphatic heterocycles. The first-order valence-corrected chi connectivity index (χ1v) is 9.37. The van der Waals surface area contributed by atoms with E-state index in [1.54, 1.807) is 42.5 Å². The van der Waals surface area contributed by atoms with Crippen LogP contribution in [0.5, 0.6) is 0 Å². The minimum Gasteiger partial charge on any atom is -0.354 e. The molecule has 0 saturated heterocycles. The maximum absolute atomic E-state index is 13.7. The van der Waals surface area contributed by atoms with E-state index < -0.39 is 6.04 Å². The lowest BCUT2D eigenvalue weighted by atomic mass is 9.97. The lowest BCUT2D eigenvalue weighted by Crippen LogP contribution is -2.50. The minimum atomic E-state index is -0.668. The first-order valence-electron chi connectivity index (χ1n) is 9.00. The number of hydrogen-bond acceptors (Lipinski definition) is 2. The average Bonchev–Trinajstić information content (AvgIpc) is 2.67. The highest BCUT2D eigenvalue weighted by molar-refractivity contribution is 6.30. The van der Waals surface area contributed by atoms with Crippen LogP contribution in [0.2, 0.25) is 5.02 Å². The summed E-state index contributed by atoms with van der Waals surface area (Å²) in [4.78, 5) is 25.0. The molecule has 2 aromatic rings. The van der Waals surface area contributed by atoms with Gasteiger partial charge in [-0.05, 0) is 48.2 Å². The molecule has 2 aromatic carbocycles. The highest BCUT2D eigenvalue weighted by atomic mass is 35.5. The molecule has 0 radical (unpaired) electrons. The van der Waals surface area contributed by atoms with Gasteiger partial charge in [-0.1, -0.05) is 50.1 Å². The normalized spacial score (nSPS) is 12.9. The zero-order chi connectivity index (χ0) is 19.8. The molecule has 0 saturated carbocycles. The summed E-state index contributed by atoms with van der Waals surface area (Å²) in [6.45, 7) is 4.16. The van der Waals surface area contributed by atoms with Crippen LogP contribution in [0.15, 0.2) is 48.5 Å². The molecule has 0 fully saturated rings. The Morgan fingerprint density at radius 2 is 1.78 bits per heavy atom. The summed E-state index contributed by atoms with van der Waals surface area (Å²) >= 11 is 5.84. The van der Waals surface area contributed by atoms with Gasteiger partial charge in [-0.25, -0.2) is 4.39 Å². The summed E-state index contributed by atoms with van der Waals surface area (Å²) in [5, 5.41) is 6.13. The fourth-order valence-corrected chi connectivity index (χ4v) is 2.79. The Morgan fingerprint density at radius 1 is 1.11 bits per heavy atom. The van der Waals surface area contributed by atoms with Crippen LogP contribution in [0, 0.1) is 11.7 Å². The van der Waals surface area contributed by atoms with E-state index in [9.17, 15) is 14.0 Å². The lowest BCUT2D eigenvalue weighted by molar-refractivity contribution is -0.124. The second-order valence-corrected chi connectivity index (χ2v) is 6.91. The molecule has 27 heavy (non-hydrogen) atoms. The van der Waals surface area contributed by atoms with E-state index >= 15 is 0 Å². The van der Waals surface area contributed by atoms with Crippen molar-refractivity contribution in [2.75, 3.05) is 6.54 Å². The molecule has 0 aliphatic rings. The molecule has 0 aromatic heterocycles. The van der Waals surface area contributed by atoms with Crippen molar-refractivity contribution in [3.05, 3.63) is 70.5 Å². The Labute approximate surface area is 164 Å². The molecule has 0 aliphatic carbocycles. The average molecular weight is 391 g/mol. The number of carbonyl (C=O) groups excluding carboxylic acids is 2. The Kier molecular flexibility index (Phi) is 7.80. The van der Waals surface area contributed by atoms with Crippen molar-refractivity contribution in [2.45, 2.75) is 32.7 Å². The predicted molar refractivity (Wildman–Crippen MR) is 105 cm³/mol. The molecule has 4 nitrogen and oxygen atoms in total. The second kappa shape index (κ2) is 10.1. The predicted octanol–water partition coefficient (Wildman–Crippen LogP) is 3.98. The number of hydrogen-bond donors (Lipinski definition) is 2. The first kappa shape index (κ1) is 20.9. The Morgan fingerprint density at radius 3 is 2.41 bits per heavy atom. The van der Waals surface area contributed by atoms with Gasteiger partial charge in [0, 0.05) is 17.1 Å². The maximum Gasteiger partial charge on any atom is 0.251 e. The van der Waals surface area contributed by atoms with E-state index in [2.05, 4.69) is 10.6 Å². The van der Waals surface area contributed by atoms with E-state index in [4.69, 9.17) is 11.6 Å². The number of amides is 2. The summed E-state index contributed by atoms with van der Waals surface area (Å²) in [6.07, 6.45) is 1.11. The maximum atomic E-state index is 13.7. The molecule has 144 valence electrons. The molecule has 0 spiro atoms. The highest BCUT2D eigenvalue weighted by Crippen LogP contribution is 2.12. The summed E-state index contributed by atoms with van der Waals surface area (Å²) < 4.78 is 13.7. The zero-order valence-electron chi connectivity index (χ0n) is 15.5. The van der Waals surface area contributed by atoms with Crippen molar-refractivity contribution < 1.29 is 14.0 Å². The molecule has 2 rings (SSSR count). The van der Waals surface area contributed by atoms with Crippen molar-refractivity contribution >= 4 is 23.4 Å². The van der Waals surface area contributed by atoms with Crippen molar-refractivity contribution in [2.24, 2.45) is 5.92 Å². The number of carbonyl (C=O) groups is 2. The fraction of sp³-hybridized carbons (Fsp3) is 0.333. The van der Waals surface area contributed by atoms with Crippen molar-refractivity contribution in [3.63, 3.8) is 0 Å². The topological polar surface area (TPSA) is 58.2 Å². The van der Waals surface area contributed by atoms with Crippen LogP contribution >= 0.6 is 11.6 Å². The second-order valence-electron chi connectivity index (χ2n) is 6.48. The van der Waals surface area contributed by atoms with Crippen LogP contribution in [0.1, 0.15) is 36.2 Å². The van der Waals surface area contributed by atoms with E-state index in [1.807, 2.05) is 13.8 Å². The molecule has 6 heteroatoms. The largest absolute Gasteiger partial charge is 0.354 e. The van der Waals surface area contributed by atoms with Crippen LogP contribution in [0.3, 0.4) is 0 Å². The quantitative estimate of drug-likeness (QED) is 0.716. The standard InChI is InChI=1S/C21H24ClFN2O2/c1-3-14(2)19(25-20(26)16-8-10-17(22)11-9-16)21(27)24-13-12-15-6-4-5-7-18(15)23/h4-11,14,19H,3,12-13H2,1-2H3,(H,24,27)(H,25,26). The van der Waals surface area contributed by atoms with Crippen LogP contribution in [-0.4, -0.2) is 24.4 Å². The van der Waals surface area contributed by atoms with Gasteiger partial charge in [0.2, 0.25) is 5.91 Å². The Bertz CT molecular complexity index is 780. The van der Waals surface area contributed by atoms with Gasteiger partial charge in [-0.15, -0.1) is 0 Å². The van der Waals surface area contributed by atoms with Gasteiger partial charge in [0.15, 0.2) is 0 Å².